The van der Waals surface area contributed by atoms with Gasteiger partial charge in [0.1, 0.15) is 11.9 Å². The molecule has 1 aromatic carbocycles. The van der Waals surface area contributed by atoms with E-state index < -0.39 is 0 Å². The molecule has 4 rings (SSSR count). The van der Waals surface area contributed by atoms with Gasteiger partial charge in [0.15, 0.2) is 6.54 Å². The Labute approximate surface area is 151 Å². The van der Waals surface area contributed by atoms with Crippen molar-refractivity contribution in [2.24, 2.45) is 5.92 Å². The molecular weight excluding hydrogens is 335 g/mol. The molecule has 2 aromatic rings. The van der Waals surface area contributed by atoms with Crippen LogP contribution in [0.25, 0.3) is 0 Å². The third-order valence-electron chi connectivity index (χ3n) is 5.38. The van der Waals surface area contributed by atoms with E-state index in [2.05, 4.69) is 16.8 Å². The summed E-state index contributed by atoms with van der Waals surface area (Å²) in [6.45, 7) is 2.05. The summed E-state index contributed by atoms with van der Waals surface area (Å²) in [6.07, 6.45) is 4.19. The van der Waals surface area contributed by atoms with Crippen LogP contribution < -0.4 is 10.2 Å². The second-order valence-electron chi connectivity index (χ2n) is 7.14. The average molecular weight is 359 g/mol. The van der Waals surface area contributed by atoms with Gasteiger partial charge in [-0.05, 0) is 42.3 Å². The lowest BCUT2D eigenvalue weighted by Gasteiger charge is -2.32. The summed E-state index contributed by atoms with van der Waals surface area (Å²) in [5.41, 5.74) is 2.14. The van der Waals surface area contributed by atoms with Crippen molar-refractivity contribution in [3.63, 3.8) is 0 Å². The van der Waals surface area contributed by atoms with Gasteiger partial charge < -0.3 is 10.2 Å². The molecule has 3 nitrogen and oxygen atoms in total. The highest BCUT2D eigenvalue weighted by molar-refractivity contribution is 7.10. The quantitative estimate of drug-likeness (QED) is 0.814. The predicted octanol–water partition coefficient (Wildman–Crippen LogP) is 2.14. The Hall–Kier alpha value is -1.72. The molecule has 1 aliphatic heterocycles. The number of fused-ring (bicyclic) bond motifs is 1. The highest BCUT2D eigenvalue weighted by Gasteiger charge is 2.43. The third kappa shape index (κ3) is 3.77. The molecule has 132 valence electrons. The molecule has 0 bridgehead atoms. The van der Waals surface area contributed by atoms with Crippen molar-refractivity contribution >= 4 is 17.2 Å². The SMILES string of the molecule is O=C(C[NH+]1CCc2sccc2[C@@H]1C1CC1)NCCc1ccccc1F. The standard InChI is InChI=1S/C20H23FN2OS/c21-17-4-2-1-3-14(17)7-10-22-19(24)13-23-11-8-18-16(9-12-25-18)20(23)15-5-6-15/h1-4,9,12,15,20H,5-8,10-11,13H2,(H,22,24)/p+1/t20-/m0/s1. The Balaban J connectivity index is 1.32. The van der Waals surface area contributed by atoms with E-state index in [1.165, 1.54) is 34.2 Å². The molecule has 2 heterocycles. The Morgan fingerprint density at radius 1 is 1.28 bits per heavy atom. The number of hydrogen-bond acceptors (Lipinski definition) is 2. The summed E-state index contributed by atoms with van der Waals surface area (Å²) < 4.78 is 13.6. The molecule has 1 aromatic heterocycles. The molecule has 5 heteroatoms. The number of carbonyl (C=O) groups excluding carboxylic acids is 1. The maximum Gasteiger partial charge on any atom is 0.275 e. The summed E-state index contributed by atoms with van der Waals surface area (Å²) in [6, 6.07) is 9.52. The van der Waals surface area contributed by atoms with Gasteiger partial charge in [-0.1, -0.05) is 18.2 Å². The van der Waals surface area contributed by atoms with Crippen molar-refractivity contribution in [1.82, 2.24) is 5.32 Å². The van der Waals surface area contributed by atoms with Gasteiger partial charge >= 0.3 is 0 Å². The molecule has 1 saturated carbocycles. The summed E-state index contributed by atoms with van der Waals surface area (Å²) in [5, 5.41) is 5.17. The number of benzene rings is 1. The zero-order valence-corrected chi connectivity index (χ0v) is 15.1. The Bertz CT molecular complexity index is 756. The van der Waals surface area contributed by atoms with Crippen LogP contribution in [0, 0.1) is 11.7 Å². The number of nitrogens with one attached hydrogen (secondary N) is 2. The summed E-state index contributed by atoms with van der Waals surface area (Å²) >= 11 is 1.86. The van der Waals surface area contributed by atoms with Crippen molar-refractivity contribution in [3.8, 4) is 0 Å². The van der Waals surface area contributed by atoms with Gasteiger partial charge in [0.25, 0.3) is 5.91 Å². The monoisotopic (exact) mass is 359 g/mol. The fourth-order valence-electron chi connectivity index (χ4n) is 4.00. The minimum Gasteiger partial charge on any atom is -0.351 e. The maximum atomic E-state index is 13.6. The number of hydrogen-bond donors (Lipinski definition) is 2. The van der Waals surface area contributed by atoms with Crippen LogP contribution in [0.2, 0.25) is 0 Å². The van der Waals surface area contributed by atoms with E-state index >= 15 is 0 Å². The van der Waals surface area contributed by atoms with E-state index in [-0.39, 0.29) is 11.7 Å². The van der Waals surface area contributed by atoms with Crippen molar-refractivity contribution < 1.29 is 14.1 Å². The van der Waals surface area contributed by atoms with E-state index in [4.69, 9.17) is 0 Å². The summed E-state index contributed by atoms with van der Waals surface area (Å²) in [4.78, 5) is 15.3. The molecular formula is C20H24FN2OS+. The van der Waals surface area contributed by atoms with E-state index in [0.29, 0.717) is 31.1 Å². The molecule has 0 radical (unpaired) electrons. The number of quaternary nitrogens is 1. The van der Waals surface area contributed by atoms with E-state index in [0.717, 1.165) is 18.9 Å². The van der Waals surface area contributed by atoms with Crippen molar-refractivity contribution in [2.45, 2.75) is 31.7 Å². The van der Waals surface area contributed by atoms with E-state index in [1.54, 1.807) is 12.1 Å². The summed E-state index contributed by atoms with van der Waals surface area (Å²) in [7, 11) is 0. The van der Waals surface area contributed by atoms with E-state index in [9.17, 15) is 9.18 Å². The van der Waals surface area contributed by atoms with Gasteiger partial charge in [-0.25, -0.2) is 4.39 Å². The number of halogens is 1. The zero-order valence-electron chi connectivity index (χ0n) is 14.3. The molecule has 0 saturated heterocycles. The van der Waals surface area contributed by atoms with Crippen LogP contribution in [0.5, 0.6) is 0 Å². The first-order valence-electron chi connectivity index (χ1n) is 9.13. The largest absolute Gasteiger partial charge is 0.351 e. The highest BCUT2D eigenvalue weighted by atomic mass is 32.1. The molecule has 2 N–H and O–H groups in total. The van der Waals surface area contributed by atoms with Crippen molar-refractivity contribution in [1.29, 1.82) is 0 Å². The Morgan fingerprint density at radius 2 is 2.12 bits per heavy atom. The van der Waals surface area contributed by atoms with Crippen molar-refractivity contribution in [2.75, 3.05) is 19.6 Å². The van der Waals surface area contributed by atoms with Gasteiger partial charge in [-0.2, -0.15) is 0 Å². The normalized spacial score (nSPS) is 22.4. The molecule has 1 fully saturated rings. The minimum atomic E-state index is -0.197. The molecule has 25 heavy (non-hydrogen) atoms. The Morgan fingerprint density at radius 3 is 2.92 bits per heavy atom. The van der Waals surface area contributed by atoms with Gasteiger partial charge in [0.2, 0.25) is 0 Å². The fourth-order valence-corrected chi connectivity index (χ4v) is 4.93. The van der Waals surface area contributed by atoms with Crippen LogP contribution in [-0.4, -0.2) is 25.5 Å². The fraction of sp³-hybridized carbons (Fsp3) is 0.450. The highest BCUT2D eigenvalue weighted by Crippen LogP contribution is 2.42. The minimum absolute atomic E-state index is 0.0793. The van der Waals surface area contributed by atoms with Gasteiger partial charge in [-0.3, -0.25) is 4.79 Å². The second kappa shape index (κ2) is 7.26. The summed E-state index contributed by atoms with van der Waals surface area (Å²) in [5.74, 6) is 0.628. The Kier molecular flexibility index (Phi) is 4.86. The smallest absolute Gasteiger partial charge is 0.275 e. The first-order chi connectivity index (χ1) is 12.2. The number of rotatable bonds is 6. The maximum absolute atomic E-state index is 13.6. The van der Waals surface area contributed by atoms with Gasteiger partial charge in [0, 0.05) is 29.3 Å². The predicted molar refractivity (Wildman–Crippen MR) is 97.3 cm³/mol. The van der Waals surface area contributed by atoms with Crippen LogP contribution in [-0.2, 0) is 17.6 Å². The number of amides is 1. The van der Waals surface area contributed by atoms with Crippen LogP contribution >= 0.6 is 11.3 Å². The molecule has 1 unspecified atom stereocenters. The van der Waals surface area contributed by atoms with Crippen molar-refractivity contribution in [3.05, 3.63) is 57.5 Å². The zero-order chi connectivity index (χ0) is 17.2. The molecule has 1 amide bonds. The lowest BCUT2D eigenvalue weighted by atomic mass is 9.96. The van der Waals surface area contributed by atoms with E-state index in [1.807, 2.05) is 17.4 Å². The first-order valence-corrected chi connectivity index (χ1v) is 10.0. The first kappa shape index (κ1) is 16.7. The molecule has 2 aliphatic rings. The van der Waals surface area contributed by atoms with Crippen LogP contribution in [0.3, 0.4) is 0 Å². The average Bonchev–Trinajstić information content (AvgIpc) is 3.32. The topological polar surface area (TPSA) is 33.5 Å². The lowest BCUT2D eigenvalue weighted by molar-refractivity contribution is -0.928. The van der Waals surface area contributed by atoms with Crippen LogP contribution in [0.1, 0.15) is 34.9 Å². The lowest BCUT2D eigenvalue weighted by Crippen LogP contribution is -3.14. The third-order valence-corrected chi connectivity index (χ3v) is 6.38. The van der Waals surface area contributed by atoms with Crippen LogP contribution in [0.15, 0.2) is 35.7 Å². The number of carbonyl (C=O) groups is 1. The van der Waals surface area contributed by atoms with Crippen LogP contribution in [0.4, 0.5) is 4.39 Å². The number of thiophene rings is 1. The second-order valence-corrected chi connectivity index (χ2v) is 8.14. The van der Waals surface area contributed by atoms with Gasteiger partial charge in [0.05, 0.1) is 6.54 Å². The van der Waals surface area contributed by atoms with Gasteiger partial charge in [-0.15, -0.1) is 11.3 Å². The molecule has 0 spiro atoms. The molecule has 1 aliphatic carbocycles. The molecule has 2 atom stereocenters.